The molecule has 174 valence electrons. The summed E-state index contributed by atoms with van der Waals surface area (Å²) in [5.41, 5.74) is 6.90. The van der Waals surface area contributed by atoms with Gasteiger partial charge in [0.1, 0.15) is 17.8 Å². The highest BCUT2D eigenvalue weighted by molar-refractivity contribution is 6.31. The van der Waals surface area contributed by atoms with Crippen molar-refractivity contribution in [2.24, 2.45) is 16.6 Å². The van der Waals surface area contributed by atoms with Crippen molar-refractivity contribution in [3.05, 3.63) is 46.9 Å². The molecule has 1 aliphatic carbocycles. The molecule has 4 rings (SSSR count). The Bertz CT molecular complexity index is 1090. The van der Waals surface area contributed by atoms with Crippen molar-refractivity contribution in [2.75, 3.05) is 11.9 Å². The monoisotopic (exact) mass is 477 g/mol. The molecule has 1 fully saturated rings. The first-order chi connectivity index (χ1) is 15.8. The molecule has 0 unspecified atom stereocenters. The van der Waals surface area contributed by atoms with Crippen LogP contribution in [0.25, 0.3) is 0 Å². The van der Waals surface area contributed by atoms with E-state index in [9.17, 15) is 13.6 Å². The molecule has 0 spiro atoms. The number of nitrogens with zero attached hydrogens (tertiary/aromatic N) is 3. The summed E-state index contributed by atoms with van der Waals surface area (Å²) in [7, 11) is 0. The van der Waals surface area contributed by atoms with Crippen LogP contribution in [0.3, 0.4) is 0 Å². The van der Waals surface area contributed by atoms with E-state index in [2.05, 4.69) is 32.1 Å². The molecule has 3 atom stereocenters. The van der Waals surface area contributed by atoms with Crippen molar-refractivity contribution in [1.29, 1.82) is 0 Å². The van der Waals surface area contributed by atoms with Crippen LogP contribution in [0.1, 0.15) is 29.4 Å². The number of aryl methyl sites for hydroxylation is 1. The van der Waals surface area contributed by atoms with Crippen LogP contribution in [-0.2, 0) is 4.74 Å². The van der Waals surface area contributed by atoms with Gasteiger partial charge in [-0.2, -0.15) is 0 Å². The number of alkyl halides is 2. The second kappa shape index (κ2) is 10.9. The molecule has 1 amide bonds. The number of carbonyl (C=O) groups is 1. The molecule has 1 aromatic heterocycles. The fraction of sp³-hybridized carbons (Fsp3) is 0.364. The number of aromatic nitrogens is 2. The van der Waals surface area contributed by atoms with Gasteiger partial charge in [-0.25, -0.2) is 23.7 Å². The fourth-order valence-electron chi connectivity index (χ4n) is 2.96. The molecule has 3 N–H and O–H groups in total. The lowest BCUT2D eigenvalue weighted by molar-refractivity contribution is 0.0878. The first-order valence-electron chi connectivity index (χ1n) is 9.98. The number of hydrogen-bond donors (Lipinski definition) is 2. The number of anilines is 1. The first kappa shape index (κ1) is 24.2. The molecule has 1 saturated carbocycles. The maximum Gasteiger partial charge on any atom is 0.282 e. The van der Waals surface area contributed by atoms with E-state index in [1.807, 2.05) is 6.92 Å². The number of nitrogens with one attached hydrogen (secondary N) is 1. The SMILES string of the molecule is CC#CCOc1cnc(C(=O)Nc2ccc(Cl)c(C)c2)cn1.NC1=N[C@H](C(F)F)[C@@H]2C[C@@H]2O1. The van der Waals surface area contributed by atoms with Crippen LogP contribution in [0.5, 0.6) is 5.88 Å². The van der Waals surface area contributed by atoms with Gasteiger partial charge in [-0.05, 0) is 44.0 Å². The number of aliphatic imine (C=N–C) groups is 1. The number of nitrogens with two attached hydrogens (primary N) is 1. The zero-order valence-corrected chi connectivity index (χ0v) is 18.6. The lowest BCUT2D eigenvalue weighted by Gasteiger charge is -2.17. The van der Waals surface area contributed by atoms with Gasteiger partial charge in [-0.3, -0.25) is 4.79 Å². The van der Waals surface area contributed by atoms with E-state index in [4.69, 9.17) is 26.8 Å². The number of rotatable bonds is 5. The highest BCUT2D eigenvalue weighted by Gasteiger charge is 2.52. The summed E-state index contributed by atoms with van der Waals surface area (Å²) in [5.74, 6) is 5.33. The molecule has 1 aromatic carbocycles. The Labute approximate surface area is 194 Å². The van der Waals surface area contributed by atoms with E-state index >= 15 is 0 Å². The average Bonchev–Trinajstić information content (AvgIpc) is 3.56. The maximum atomic E-state index is 12.2. The topological polar surface area (TPSA) is 112 Å². The number of halogens is 3. The Morgan fingerprint density at radius 2 is 2.18 bits per heavy atom. The van der Waals surface area contributed by atoms with Crippen LogP contribution >= 0.6 is 11.6 Å². The van der Waals surface area contributed by atoms with E-state index < -0.39 is 12.5 Å². The van der Waals surface area contributed by atoms with Gasteiger partial charge in [0.15, 0.2) is 6.61 Å². The molecule has 8 nitrogen and oxygen atoms in total. The van der Waals surface area contributed by atoms with Gasteiger partial charge in [0, 0.05) is 16.6 Å². The third-order valence-electron chi connectivity index (χ3n) is 4.77. The van der Waals surface area contributed by atoms with Crippen LogP contribution in [0.4, 0.5) is 14.5 Å². The van der Waals surface area contributed by atoms with E-state index in [0.717, 1.165) is 5.56 Å². The summed E-state index contributed by atoms with van der Waals surface area (Å²) >= 11 is 5.95. The second-order valence-corrected chi connectivity index (χ2v) is 7.63. The van der Waals surface area contributed by atoms with Gasteiger partial charge in [0.05, 0.1) is 12.4 Å². The maximum absolute atomic E-state index is 12.2. The highest BCUT2D eigenvalue weighted by atomic mass is 35.5. The predicted octanol–water partition coefficient (Wildman–Crippen LogP) is 3.45. The van der Waals surface area contributed by atoms with Crippen molar-refractivity contribution in [3.8, 4) is 17.7 Å². The molecule has 0 bridgehead atoms. The number of benzene rings is 1. The Morgan fingerprint density at radius 1 is 1.39 bits per heavy atom. The van der Waals surface area contributed by atoms with Gasteiger partial charge < -0.3 is 20.5 Å². The minimum atomic E-state index is -2.41. The Kier molecular flexibility index (Phi) is 8.01. The van der Waals surface area contributed by atoms with Gasteiger partial charge in [-0.15, -0.1) is 5.92 Å². The number of fused-ring (bicyclic) bond motifs is 1. The second-order valence-electron chi connectivity index (χ2n) is 7.22. The first-order valence-corrected chi connectivity index (χ1v) is 10.4. The predicted molar refractivity (Wildman–Crippen MR) is 120 cm³/mol. The number of ether oxygens (including phenoxy) is 2. The number of amides is 1. The molecule has 2 aliphatic rings. The average molecular weight is 478 g/mol. The molecule has 2 aromatic rings. The van der Waals surface area contributed by atoms with E-state index in [1.54, 1.807) is 25.1 Å². The van der Waals surface area contributed by atoms with E-state index in [-0.39, 0.29) is 36.3 Å². The lowest BCUT2D eigenvalue weighted by atomic mass is 10.2. The summed E-state index contributed by atoms with van der Waals surface area (Å²) in [6, 6.07) is 4.22. The zero-order chi connectivity index (χ0) is 24.0. The molecule has 2 heterocycles. The number of amidine groups is 1. The largest absolute Gasteiger partial charge is 0.463 e. The van der Waals surface area contributed by atoms with Crippen LogP contribution in [0.2, 0.25) is 5.02 Å². The molecular formula is C22H22ClF2N5O3. The van der Waals surface area contributed by atoms with E-state index in [0.29, 0.717) is 23.0 Å². The van der Waals surface area contributed by atoms with Crippen molar-refractivity contribution in [1.82, 2.24) is 9.97 Å². The van der Waals surface area contributed by atoms with Gasteiger partial charge in [-0.1, -0.05) is 17.5 Å². The van der Waals surface area contributed by atoms with Crippen LogP contribution in [0, 0.1) is 24.7 Å². The zero-order valence-electron chi connectivity index (χ0n) is 17.9. The van der Waals surface area contributed by atoms with Crippen molar-refractivity contribution >= 4 is 29.2 Å². The van der Waals surface area contributed by atoms with Crippen LogP contribution in [-0.4, -0.2) is 47.1 Å². The normalized spacial score (nSPS) is 20.1. The summed E-state index contributed by atoms with van der Waals surface area (Å²) in [6.07, 6.45) is 0.907. The van der Waals surface area contributed by atoms with Crippen LogP contribution in [0.15, 0.2) is 35.6 Å². The number of hydrogen-bond acceptors (Lipinski definition) is 7. The molecule has 33 heavy (non-hydrogen) atoms. The molecule has 11 heteroatoms. The summed E-state index contributed by atoms with van der Waals surface area (Å²) < 4.78 is 34.5. The van der Waals surface area contributed by atoms with Crippen LogP contribution < -0.4 is 15.8 Å². The summed E-state index contributed by atoms with van der Waals surface area (Å²) in [6.45, 7) is 3.82. The third kappa shape index (κ3) is 6.76. The molecule has 1 aliphatic heterocycles. The minimum Gasteiger partial charge on any atom is -0.463 e. The van der Waals surface area contributed by atoms with E-state index in [1.165, 1.54) is 12.4 Å². The van der Waals surface area contributed by atoms with Gasteiger partial charge >= 0.3 is 0 Å². The Hall–Kier alpha value is -3.45. The number of carbonyl (C=O) groups excluding carboxylic acids is 1. The Morgan fingerprint density at radius 3 is 2.82 bits per heavy atom. The molecular weight excluding hydrogens is 456 g/mol. The van der Waals surface area contributed by atoms with Crippen molar-refractivity contribution in [2.45, 2.75) is 38.8 Å². The highest BCUT2D eigenvalue weighted by Crippen LogP contribution is 2.42. The smallest absolute Gasteiger partial charge is 0.282 e. The van der Waals surface area contributed by atoms with Gasteiger partial charge in [0.2, 0.25) is 5.88 Å². The Balaban J connectivity index is 0.000000231. The third-order valence-corrected chi connectivity index (χ3v) is 5.19. The standard InChI is InChI=1S/C16H14ClN3O2.C6H8F2N2O/c1-3-4-7-22-15-10-18-14(9-19-15)16(21)20-12-5-6-13(17)11(2)8-12;7-5(8)4-2-1-3(2)11-6(9)10-4/h5-6,8-10H,7H2,1-2H3,(H,20,21);2-5H,1H2,(H2,9,10)/t;2-,3+,4+/m.1/s1. The van der Waals surface area contributed by atoms with Crippen molar-refractivity contribution < 1.29 is 23.0 Å². The molecule has 0 saturated heterocycles. The van der Waals surface area contributed by atoms with Crippen molar-refractivity contribution in [3.63, 3.8) is 0 Å². The lowest BCUT2D eigenvalue weighted by Crippen LogP contribution is -2.32. The fourth-order valence-corrected chi connectivity index (χ4v) is 3.08. The summed E-state index contributed by atoms with van der Waals surface area (Å²) in [4.78, 5) is 23.6. The minimum absolute atomic E-state index is 0.0888. The quantitative estimate of drug-likeness (QED) is 0.638. The molecule has 0 radical (unpaired) electrons. The van der Waals surface area contributed by atoms with Gasteiger partial charge in [0.25, 0.3) is 18.4 Å². The summed E-state index contributed by atoms with van der Waals surface area (Å²) in [5, 5.41) is 3.38.